The molecule has 0 aromatic heterocycles. The molecular weight excluding hydrogens is 526 g/mol. The molecule has 3 N–H and O–H groups in total. The van der Waals surface area contributed by atoms with Crippen LogP contribution in [-0.2, 0) is 12.7 Å². The van der Waals surface area contributed by atoms with E-state index in [-0.39, 0.29) is 42.9 Å². The standard InChI is InChI=1S/C21H26F3N3O3.HI/c1-3-25-20(26-12-15-6-4-8-18(10-15)29-2)27-13-17(28)14-30-19-9-5-7-16(11-19)21(22,23)24;/h4-11,17,28H,3,12-14H2,1-2H3,(H2,25,26,27);1H. The highest BCUT2D eigenvalue weighted by atomic mass is 127. The molecule has 172 valence electrons. The Balaban J connectivity index is 0.00000480. The number of rotatable bonds is 9. The highest BCUT2D eigenvalue weighted by Crippen LogP contribution is 2.31. The van der Waals surface area contributed by atoms with Crippen molar-refractivity contribution in [2.24, 2.45) is 4.99 Å². The van der Waals surface area contributed by atoms with Gasteiger partial charge in [-0.3, -0.25) is 0 Å². The van der Waals surface area contributed by atoms with Crippen molar-refractivity contribution in [2.45, 2.75) is 25.7 Å². The zero-order valence-corrected chi connectivity index (χ0v) is 19.6. The lowest BCUT2D eigenvalue weighted by molar-refractivity contribution is -0.137. The van der Waals surface area contributed by atoms with Crippen LogP contribution in [0.2, 0.25) is 0 Å². The molecule has 6 nitrogen and oxygen atoms in total. The van der Waals surface area contributed by atoms with Crippen LogP contribution in [0, 0.1) is 0 Å². The molecule has 0 saturated heterocycles. The number of aliphatic imine (C=N–C) groups is 1. The van der Waals surface area contributed by atoms with E-state index < -0.39 is 17.8 Å². The number of hydrogen-bond acceptors (Lipinski definition) is 4. The Labute approximate surface area is 196 Å². The zero-order valence-electron chi connectivity index (χ0n) is 17.3. The molecule has 2 rings (SSSR count). The number of aliphatic hydroxyl groups is 1. The van der Waals surface area contributed by atoms with Crippen molar-refractivity contribution in [3.63, 3.8) is 0 Å². The summed E-state index contributed by atoms with van der Waals surface area (Å²) in [4.78, 5) is 4.45. The number of benzene rings is 2. The number of nitrogens with one attached hydrogen (secondary N) is 2. The molecule has 10 heteroatoms. The molecule has 0 aliphatic carbocycles. The van der Waals surface area contributed by atoms with Gasteiger partial charge in [-0.1, -0.05) is 18.2 Å². The van der Waals surface area contributed by atoms with Crippen LogP contribution < -0.4 is 20.1 Å². The molecule has 1 unspecified atom stereocenters. The molecule has 0 radical (unpaired) electrons. The maximum atomic E-state index is 12.7. The summed E-state index contributed by atoms with van der Waals surface area (Å²) in [7, 11) is 1.59. The van der Waals surface area contributed by atoms with Crippen molar-refractivity contribution in [1.82, 2.24) is 10.6 Å². The van der Waals surface area contributed by atoms with Gasteiger partial charge in [0.15, 0.2) is 5.96 Å². The van der Waals surface area contributed by atoms with E-state index in [1.807, 2.05) is 31.2 Å². The smallest absolute Gasteiger partial charge is 0.416 e. The zero-order chi connectivity index (χ0) is 22.0. The molecule has 0 spiro atoms. The Bertz CT molecular complexity index is 835. The summed E-state index contributed by atoms with van der Waals surface area (Å²) in [6, 6.07) is 12.1. The fourth-order valence-electron chi connectivity index (χ4n) is 2.51. The van der Waals surface area contributed by atoms with E-state index in [2.05, 4.69) is 15.6 Å². The summed E-state index contributed by atoms with van der Waals surface area (Å²) in [6.07, 6.45) is -5.39. The Morgan fingerprint density at radius 1 is 1.10 bits per heavy atom. The summed E-state index contributed by atoms with van der Waals surface area (Å²) in [6.45, 7) is 2.90. The molecule has 0 amide bonds. The van der Waals surface area contributed by atoms with E-state index >= 15 is 0 Å². The second-order valence-electron chi connectivity index (χ2n) is 6.42. The Morgan fingerprint density at radius 2 is 1.81 bits per heavy atom. The minimum Gasteiger partial charge on any atom is -0.497 e. The molecule has 0 aliphatic heterocycles. The third-order valence-electron chi connectivity index (χ3n) is 4.01. The maximum Gasteiger partial charge on any atom is 0.416 e. The first kappa shape index (κ1) is 26.8. The SMILES string of the molecule is CCNC(=NCc1cccc(OC)c1)NCC(O)COc1cccc(C(F)(F)F)c1.I. The van der Waals surface area contributed by atoms with Gasteiger partial charge in [0.05, 0.1) is 19.2 Å². The van der Waals surface area contributed by atoms with Crippen molar-refractivity contribution >= 4 is 29.9 Å². The number of aliphatic hydroxyl groups excluding tert-OH is 1. The monoisotopic (exact) mass is 553 g/mol. The van der Waals surface area contributed by atoms with Crippen molar-refractivity contribution in [2.75, 3.05) is 26.8 Å². The number of nitrogens with zero attached hydrogens (tertiary/aromatic N) is 1. The topological polar surface area (TPSA) is 75.1 Å². The number of hydrogen-bond donors (Lipinski definition) is 3. The maximum absolute atomic E-state index is 12.7. The fraction of sp³-hybridized carbons (Fsp3) is 0.381. The van der Waals surface area contributed by atoms with Crippen LogP contribution in [0.25, 0.3) is 0 Å². The van der Waals surface area contributed by atoms with Crippen molar-refractivity contribution in [3.8, 4) is 11.5 Å². The van der Waals surface area contributed by atoms with Crippen LogP contribution in [0.4, 0.5) is 13.2 Å². The van der Waals surface area contributed by atoms with Crippen LogP contribution in [-0.4, -0.2) is 44.0 Å². The van der Waals surface area contributed by atoms with Crippen LogP contribution in [0.1, 0.15) is 18.1 Å². The average Bonchev–Trinajstić information content (AvgIpc) is 2.74. The van der Waals surface area contributed by atoms with Gasteiger partial charge in [0, 0.05) is 13.1 Å². The van der Waals surface area contributed by atoms with Crippen molar-refractivity contribution in [1.29, 1.82) is 0 Å². The lowest BCUT2D eigenvalue weighted by Crippen LogP contribution is -2.42. The van der Waals surface area contributed by atoms with Gasteiger partial charge in [0.1, 0.15) is 24.2 Å². The summed E-state index contributed by atoms with van der Waals surface area (Å²) in [5, 5.41) is 16.2. The molecule has 0 aliphatic rings. The quantitative estimate of drug-likeness (QED) is 0.250. The van der Waals surface area contributed by atoms with E-state index in [0.29, 0.717) is 19.0 Å². The molecule has 1 atom stereocenters. The third-order valence-corrected chi connectivity index (χ3v) is 4.01. The van der Waals surface area contributed by atoms with Gasteiger partial charge in [0.25, 0.3) is 0 Å². The molecule has 31 heavy (non-hydrogen) atoms. The van der Waals surface area contributed by atoms with Gasteiger partial charge in [0.2, 0.25) is 0 Å². The highest BCUT2D eigenvalue weighted by molar-refractivity contribution is 14.0. The van der Waals surface area contributed by atoms with Crippen LogP contribution in [0.15, 0.2) is 53.5 Å². The van der Waals surface area contributed by atoms with Crippen molar-refractivity contribution in [3.05, 3.63) is 59.7 Å². The largest absolute Gasteiger partial charge is 0.497 e. The molecule has 0 fully saturated rings. The molecule has 2 aromatic carbocycles. The van der Waals surface area contributed by atoms with Crippen LogP contribution in [0.5, 0.6) is 11.5 Å². The van der Waals surface area contributed by atoms with Gasteiger partial charge < -0.3 is 25.2 Å². The van der Waals surface area contributed by atoms with E-state index in [1.165, 1.54) is 12.1 Å². The summed E-state index contributed by atoms with van der Waals surface area (Å²) in [5.74, 6) is 1.28. The Hall–Kier alpha value is -2.21. The first-order valence-corrected chi connectivity index (χ1v) is 9.45. The third kappa shape index (κ3) is 9.64. The second-order valence-corrected chi connectivity index (χ2v) is 6.42. The molecular formula is C21H27F3IN3O3. The lowest BCUT2D eigenvalue weighted by Gasteiger charge is -2.16. The number of alkyl halides is 3. The number of methoxy groups -OCH3 is 1. The minimum absolute atomic E-state index is 0. The molecule has 0 heterocycles. The Morgan fingerprint density at radius 3 is 2.48 bits per heavy atom. The first-order chi connectivity index (χ1) is 14.3. The molecule has 0 bridgehead atoms. The predicted octanol–water partition coefficient (Wildman–Crippen LogP) is 3.83. The number of ether oxygens (including phenoxy) is 2. The average molecular weight is 553 g/mol. The first-order valence-electron chi connectivity index (χ1n) is 9.45. The van der Waals surface area contributed by atoms with Gasteiger partial charge in [-0.15, -0.1) is 24.0 Å². The second kappa shape index (κ2) is 13.3. The van der Waals surface area contributed by atoms with Gasteiger partial charge in [-0.05, 0) is 42.8 Å². The summed E-state index contributed by atoms with van der Waals surface area (Å²) < 4.78 is 48.7. The van der Waals surface area contributed by atoms with Crippen LogP contribution in [0.3, 0.4) is 0 Å². The molecule has 2 aromatic rings. The van der Waals surface area contributed by atoms with Gasteiger partial charge >= 0.3 is 6.18 Å². The van der Waals surface area contributed by atoms with E-state index in [1.54, 1.807) is 7.11 Å². The fourth-order valence-corrected chi connectivity index (χ4v) is 2.51. The highest BCUT2D eigenvalue weighted by Gasteiger charge is 2.30. The normalized spacial score (nSPS) is 12.5. The number of halogens is 4. The summed E-state index contributed by atoms with van der Waals surface area (Å²) in [5.41, 5.74) is 0.159. The van der Waals surface area contributed by atoms with Gasteiger partial charge in [-0.25, -0.2) is 4.99 Å². The van der Waals surface area contributed by atoms with E-state index in [9.17, 15) is 18.3 Å². The summed E-state index contributed by atoms with van der Waals surface area (Å²) >= 11 is 0. The van der Waals surface area contributed by atoms with E-state index in [4.69, 9.17) is 9.47 Å². The minimum atomic E-state index is -4.44. The van der Waals surface area contributed by atoms with Gasteiger partial charge in [-0.2, -0.15) is 13.2 Å². The Kier molecular flexibility index (Phi) is 11.5. The van der Waals surface area contributed by atoms with E-state index in [0.717, 1.165) is 23.4 Å². The lowest BCUT2D eigenvalue weighted by atomic mass is 10.2. The predicted molar refractivity (Wildman–Crippen MR) is 124 cm³/mol. The van der Waals surface area contributed by atoms with Crippen LogP contribution >= 0.6 is 24.0 Å². The molecule has 0 saturated carbocycles. The van der Waals surface area contributed by atoms with Crippen molar-refractivity contribution < 1.29 is 27.8 Å². The number of guanidine groups is 1.